The quantitative estimate of drug-likeness (QED) is 0.775. The molecule has 0 radical (unpaired) electrons. The molecule has 6 nitrogen and oxygen atoms in total. The van der Waals surface area contributed by atoms with Crippen LogP contribution in [0.15, 0.2) is 29.6 Å². The van der Waals surface area contributed by atoms with Crippen LogP contribution in [0.2, 0.25) is 0 Å². The zero-order valence-corrected chi connectivity index (χ0v) is 13.5. The molecule has 1 aliphatic rings. The number of fused-ring (bicyclic) bond motifs is 1. The fourth-order valence-electron chi connectivity index (χ4n) is 2.95. The fraction of sp³-hybridized carbons (Fsp3) is 0.250. The molecule has 0 bridgehead atoms. The number of hydrogen-bond donors (Lipinski definition) is 1. The van der Waals surface area contributed by atoms with Crippen molar-refractivity contribution in [1.82, 2.24) is 24.7 Å². The van der Waals surface area contributed by atoms with Crippen molar-refractivity contribution in [2.45, 2.75) is 12.8 Å². The maximum Gasteiger partial charge on any atom is 0.275 e. The van der Waals surface area contributed by atoms with Crippen molar-refractivity contribution in [2.75, 3.05) is 13.1 Å². The number of nitrogens with zero attached hydrogens (tertiary/aromatic N) is 4. The summed E-state index contributed by atoms with van der Waals surface area (Å²) in [6.07, 6.45) is 1.40. The van der Waals surface area contributed by atoms with Gasteiger partial charge in [0.2, 0.25) is 0 Å². The van der Waals surface area contributed by atoms with Gasteiger partial charge in [-0.15, -0.1) is 5.10 Å². The van der Waals surface area contributed by atoms with Crippen LogP contribution in [0.25, 0.3) is 11.3 Å². The molecule has 24 heavy (non-hydrogen) atoms. The first-order valence-electron chi connectivity index (χ1n) is 7.61. The Hall–Kier alpha value is -2.61. The highest BCUT2D eigenvalue weighted by atomic mass is 32.1. The van der Waals surface area contributed by atoms with Gasteiger partial charge in [0.25, 0.3) is 5.91 Å². The van der Waals surface area contributed by atoms with Gasteiger partial charge in [-0.3, -0.25) is 9.89 Å². The highest BCUT2D eigenvalue weighted by molar-refractivity contribution is 7.03. The van der Waals surface area contributed by atoms with Crippen molar-refractivity contribution < 1.29 is 9.18 Å². The van der Waals surface area contributed by atoms with Crippen LogP contribution >= 0.6 is 11.5 Å². The number of carbonyl (C=O) groups is 1. The molecule has 4 rings (SSSR count). The molecule has 3 heterocycles. The Morgan fingerprint density at radius 3 is 2.75 bits per heavy atom. The van der Waals surface area contributed by atoms with Gasteiger partial charge >= 0.3 is 0 Å². The largest absolute Gasteiger partial charge is 0.337 e. The molecule has 8 heteroatoms. The first-order valence-corrected chi connectivity index (χ1v) is 8.44. The maximum absolute atomic E-state index is 13.1. The summed E-state index contributed by atoms with van der Waals surface area (Å²) in [5.41, 5.74) is 4.21. The number of aromatic amines is 1. The van der Waals surface area contributed by atoms with E-state index in [9.17, 15) is 9.18 Å². The Morgan fingerprint density at radius 1 is 1.21 bits per heavy atom. The Bertz CT molecular complexity index is 859. The molecule has 122 valence electrons. The molecular weight excluding hydrogens is 329 g/mol. The Morgan fingerprint density at radius 2 is 2.00 bits per heavy atom. The lowest BCUT2D eigenvalue weighted by molar-refractivity contribution is 0.0757. The molecule has 3 aromatic rings. The third kappa shape index (κ3) is 2.69. The highest BCUT2D eigenvalue weighted by Gasteiger charge is 2.24. The smallest absolute Gasteiger partial charge is 0.275 e. The second-order valence-electron chi connectivity index (χ2n) is 5.62. The number of hydrogen-bond acceptors (Lipinski definition) is 5. The summed E-state index contributed by atoms with van der Waals surface area (Å²) < 4.78 is 16.9. The van der Waals surface area contributed by atoms with E-state index in [0.717, 1.165) is 22.5 Å². The lowest BCUT2D eigenvalue weighted by atomic mass is 10.0. The third-order valence-electron chi connectivity index (χ3n) is 4.20. The minimum atomic E-state index is -0.269. The molecule has 0 saturated carbocycles. The summed E-state index contributed by atoms with van der Waals surface area (Å²) in [4.78, 5) is 14.2. The van der Waals surface area contributed by atoms with Crippen molar-refractivity contribution in [3.63, 3.8) is 0 Å². The van der Waals surface area contributed by atoms with Crippen molar-refractivity contribution >= 4 is 17.4 Å². The van der Waals surface area contributed by atoms with Gasteiger partial charge in [-0.1, -0.05) is 4.49 Å². The second-order valence-corrected chi connectivity index (χ2v) is 6.23. The lowest BCUT2D eigenvalue weighted by Gasteiger charge is -2.18. The Kier molecular flexibility index (Phi) is 3.81. The first-order chi connectivity index (χ1) is 11.7. The summed E-state index contributed by atoms with van der Waals surface area (Å²) in [5.74, 6) is -0.362. The Labute approximate surface area is 141 Å². The minimum Gasteiger partial charge on any atom is -0.337 e. The molecule has 2 aromatic heterocycles. The van der Waals surface area contributed by atoms with Crippen LogP contribution in [0.5, 0.6) is 0 Å². The van der Waals surface area contributed by atoms with Crippen LogP contribution in [0, 0.1) is 5.82 Å². The monoisotopic (exact) mass is 343 g/mol. The molecule has 0 fully saturated rings. The Balaban J connectivity index is 1.58. The van der Waals surface area contributed by atoms with Gasteiger partial charge in [0.15, 0.2) is 5.69 Å². The first kappa shape index (κ1) is 14.9. The van der Waals surface area contributed by atoms with Crippen molar-refractivity contribution in [3.05, 3.63) is 52.4 Å². The average Bonchev–Trinajstić information content (AvgIpc) is 3.21. The summed E-state index contributed by atoms with van der Waals surface area (Å²) in [6.45, 7) is 1.20. The van der Waals surface area contributed by atoms with E-state index < -0.39 is 0 Å². The van der Waals surface area contributed by atoms with Crippen LogP contribution in [-0.2, 0) is 12.8 Å². The summed E-state index contributed by atoms with van der Waals surface area (Å²) in [5, 5.41) is 13.0. The van der Waals surface area contributed by atoms with E-state index in [-0.39, 0.29) is 11.7 Å². The van der Waals surface area contributed by atoms with E-state index in [4.69, 9.17) is 0 Å². The van der Waals surface area contributed by atoms with Gasteiger partial charge in [0.1, 0.15) is 5.82 Å². The van der Waals surface area contributed by atoms with Crippen LogP contribution in [-0.4, -0.2) is 43.7 Å². The van der Waals surface area contributed by atoms with Gasteiger partial charge in [-0.05, 0) is 42.2 Å². The predicted molar refractivity (Wildman–Crippen MR) is 87.2 cm³/mol. The van der Waals surface area contributed by atoms with Crippen molar-refractivity contribution in [3.8, 4) is 11.3 Å². The zero-order valence-electron chi connectivity index (χ0n) is 12.7. The lowest BCUT2D eigenvalue weighted by Crippen LogP contribution is -2.33. The number of aromatic nitrogens is 4. The molecule has 1 aromatic carbocycles. The second kappa shape index (κ2) is 6.12. The number of nitrogens with one attached hydrogen (secondary N) is 1. The van der Waals surface area contributed by atoms with Crippen LogP contribution < -0.4 is 0 Å². The predicted octanol–water partition coefficient (Wildman–Crippen LogP) is 2.31. The van der Waals surface area contributed by atoms with E-state index in [1.165, 1.54) is 23.7 Å². The van der Waals surface area contributed by atoms with E-state index in [0.29, 0.717) is 31.6 Å². The summed E-state index contributed by atoms with van der Waals surface area (Å²) in [7, 11) is 0. The maximum atomic E-state index is 13.1. The molecule has 1 N–H and O–H groups in total. The van der Waals surface area contributed by atoms with Crippen LogP contribution in [0.1, 0.15) is 21.7 Å². The molecule has 0 atom stereocenters. The number of amides is 1. The topological polar surface area (TPSA) is 74.8 Å². The molecule has 1 amide bonds. The normalized spacial score (nSPS) is 14.3. The van der Waals surface area contributed by atoms with Crippen LogP contribution in [0.3, 0.4) is 0 Å². The molecule has 0 unspecified atom stereocenters. The number of halogens is 1. The van der Waals surface area contributed by atoms with Crippen molar-refractivity contribution in [1.29, 1.82) is 0 Å². The molecule has 0 aliphatic carbocycles. The number of benzene rings is 1. The van der Waals surface area contributed by atoms with Crippen LogP contribution in [0.4, 0.5) is 4.39 Å². The van der Waals surface area contributed by atoms with E-state index >= 15 is 0 Å². The van der Waals surface area contributed by atoms with E-state index in [2.05, 4.69) is 19.8 Å². The summed E-state index contributed by atoms with van der Waals surface area (Å²) >= 11 is 1.17. The standard InChI is InChI=1S/C16H14FN5OS/c17-11-3-1-10(2-4-11)15-12-5-7-22(8-6-13(12)18-20-15)16(23)14-9-24-21-19-14/h1-4,9H,5-8H2,(H,18,20). The highest BCUT2D eigenvalue weighted by Crippen LogP contribution is 2.27. The van der Waals surface area contributed by atoms with Gasteiger partial charge in [-0.25, -0.2) is 4.39 Å². The summed E-state index contributed by atoms with van der Waals surface area (Å²) in [6, 6.07) is 6.30. The average molecular weight is 343 g/mol. The molecule has 1 aliphatic heterocycles. The van der Waals surface area contributed by atoms with Crippen molar-refractivity contribution in [2.24, 2.45) is 0 Å². The van der Waals surface area contributed by atoms with Gasteiger partial charge in [-0.2, -0.15) is 5.10 Å². The molecular formula is C16H14FN5OS. The van der Waals surface area contributed by atoms with Gasteiger partial charge in [0.05, 0.1) is 5.69 Å². The minimum absolute atomic E-state index is 0.0924. The SMILES string of the molecule is O=C(c1csnn1)N1CCc2[nH]nc(-c3ccc(F)cc3)c2CC1. The number of H-pyrrole nitrogens is 1. The molecule has 0 spiro atoms. The number of carbonyl (C=O) groups excluding carboxylic acids is 1. The van der Waals surface area contributed by atoms with Gasteiger partial charge < -0.3 is 4.90 Å². The zero-order chi connectivity index (χ0) is 16.5. The van der Waals surface area contributed by atoms with Gasteiger partial charge in [0, 0.05) is 41.7 Å². The van der Waals surface area contributed by atoms with E-state index in [1.807, 2.05) is 0 Å². The fourth-order valence-corrected chi connectivity index (χ4v) is 3.38. The molecule has 0 saturated heterocycles. The van der Waals surface area contributed by atoms with E-state index in [1.54, 1.807) is 22.4 Å². The number of rotatable bonds is 2. The third-order valence-corrected chi connectivity index (χ3v) is 4.70.